The normalized spacial score (nSPS) is 21.8. The number of carbonyl (C=O) groups is 1. The summed E-state index contributed by atoms with van der Waals surface area (Å²) in [5.41, 5.74) is -4.50. The third-order valence-electron chi connectivity index (χ3n) is 9.77. The molecule has 2 bridgehead atoms. The van der Waals surface area contributed by atoms with Gasteiger partial charge in [0.2, 0.25) is 0 Å². The number of hydrogen-bond donors (Lipinski definition) is 0. The van der Waals surface area contributed by atoms with E-state index in [4.69, 9.17) is 18.5 Å². The zero-order valence-electron chi connectivity index (χ0n) is 29.2. The van der Waals surface area contributed by atoms with Gasteiger partial charge in [-0.15, -0.1) is 0 Å². The van der Waals surface area contributed by atoms with Crippen molar-refractivity contribution in [1.82, 2.24) is 24.4 Å². The fourth-order valence-electron chi connectivity index (χ4n) is 6.17. The van der Waals surface area contributed by atoms with E-state index in [1.54, 1.807) is 35.2 Å². The number of fused-ring (bicyclic) bond motifs is 9. The minimum atomic E-state index is -6.13. The molecule has 0 spiro atoms. The van der Waals surface area contributed by atoms with Gasteiger partial charge in [0, 0.05) is 46.6 Å². The number of nitrogens with zero attached hydrogens (tertiary/aromatic N) is 5. The molecule has 1 aliphatic carbocycles. The van der Waals surface area contributed by atoms with Crippen LogP contribution < -0.4 is 4.18 Å². The molecule has 0 saturated heterocycles. The van der Waals surface area contributed by atoms with Crippen molar-refractivity contribution >= 4 is 35.4 Å². The molecule has 1 amide bonds. The summed E-state index contributed by atoms with van der Waals surface area (Å²) in [5, 5.41) is 0.00852. The zero-order valence-corrected chi connectivity index (χ0v) is 28.0. The predicted molar refractivity (Wildman–Crippen MR) is 170 cm³/mol. The smallest absolute Gasteiger partial charge is 0.404 e. The summed E-state index contributed by atoms with van der Waals surface area (Å²) in [7, 11) is -8.24. The Hall–Kier alpha value is -3.82. The minimum absolute atomic E-state index is 0.00852. The summed E-state index contributed by atoms with van der Waals surface area (Å²) in [6, 6.07) is 6.57. The molecule has 0 N–H and O–H groups in total. The van der Waals surface area contributed by atoms with Gasteiger partial charge in [-0.1, -0.05) is 32.9 Å². The number of aromatic nitrogens is 4. The lowest BCUT2D eigenvalue weighted by molar-refractivity contribution is -0.0500. The number of imidazole rings is 1. The SMILES string of the molecule is [2H]C([2H])([2H])N1C(=O)c2cccc(OS(=O)(=O)C(F)(F)F)c2[C@H]2C[C@@H]1c1nc3ccc(-c4cnc(C5(O[Si](C)(C)C(C)(C)C)CC5)nc4)cc3n12. The van der Waals surface area contributed by atoms with E-state index in [1.807, 2.05) is 0 Å². The molecule has 1 fully saturated rings. The molecule has 4 heterocycles. The van der Waals surface area contributed by atoms with E-state index in [9.17, 15) is 26.4 Å². The van der Waals surface area contributed by atoms with E-state index in [0.717, 1.165) is 25.0 Å². The molecular formula is C32H34F3N5O5SSi. The first kappa shape index (κ1) is 28.2. The molecule has 4 aromatic rings. The highest BCUT2D eigenvalue weighted by Crippen LogP contribution is 2.53. The van der Waals surface area contributed by atoms with Crippen molar-refractivity contribution in [1.29, 1.82) is 0 Å². The van der Waals surface area contributed by atoms with E-state index < -0.39 is 60.3 Å². The van der Waals surface area contributed by atoms with Crippen molar-refractivity contribution in [2.45, 2.75) is 81.4 Å². The molecule has 10 nitrogen and oxygen atoms in total. The molecule has 0 unspecified atom stereocenters. The molecule has 2 atom stereocenters. The first-order chi connectivity index (χ1) is 23.0. The van der Waals surface area contributed by atoms with E-state index in [-0.39, 0.29) is 28.4 Å². The molecule has 248 valence electrons. The van der Waals surface area contributed by atoms with Crippen molar-refractivity contribution in [3.8, 4) is 16.9 Å². The van der Waals surface area contributed by atoms with Crippen LogP contribution in [0.15, 0.2) is 48.8 Å². The third kappa shape index (κ3) is 4.96. The van der Waals surface area contributed by atoms with E-state index in [0.29, 0.717) is 32.9 Å². The number of rotatable bonds is 6. The van der Waals surface area contributed by atoms with Crippen LogP contribution in [-0.2, 0) is 20.1 Å². The highest BCUT2D eigenvalue weighted by Gasteiger charge is 2.55. The largest absolute Gasteiger partial charge is 0.534 e. The van der Waals surface area contributed by atoms with Gasteiger partial charge in [0.15, 0.2) is 14.1 Å². The Balaban J connectivity index is 1.33. The first-order valence-electron chi connectivity index (χ1n) is 16.6. The third-order valence-corrected chi connectivity index (χ3v) is 15.2. The van der Waals surface area contributed by atoms with Crippen molar-refractivity contribution in [2.24, 2.45) is 0 Å². The van der Waals surface area contributed by atoms with Gasteiger partial charge in [-0.05, 0) is 60.8 Å². The quantitative estimate of drug-likeness (QED) is 0.123. The van der Waals surface area contributed by atoms with Crippen LogP contribution in [0.2, 0.25) is 18.1 Å². The molecule has 1 saturated carbocycles. The second-order valence-corrected chi connectivity index (χ2v) is 20.1. The predicted octanol–water partition coefficient (Wildman–Crippen LogP) is 6.85. The second-order valence-electron chi connectivity index (χ2n) is 13.8. The van der Waals surface area contributed by atoms with Crippen LogP contribution in [0, 0.1) is 0 Å². The van der Waals surface area contributed by atoms with Crippen LogP contribution in [-0.4, -0.2) is 59.5 Å². The Kier molecular flexibility index (Phi) is 6.06. The van der Waals surface area contributed by atoms with Crippen molar-refractivity contribution in [2.75, 3.05) is 6.98 Å². The number of alkyl halides is 3. The average molecular weight is 689 g/mol. The summed E-state index contributed by atoms with van der Waals surface area (Å²) < 4.78 is 102. The maximum Gasteiger partial charge on any atom is 0.534 e. The average Bonchev–Trinajstić information content (AvgIpc) is 3.58. The standard InChI is InChI=1S/C32H34F3N5O5SSi/c1-30(2,3)47(5,6)45-31(12-13-31)29-36-16-19(17-37-29)18-10-11-21-22(14-18)40-23-15-24(27(40)38-21)39(4)28(41)20-8-7-9-25(26(20)23)44-46(42,43)32(33,34)35/h7-11,14,16-17,23-24H,12-13,15H2,1-6H3/t23-,24-/m1/s1/i4D3. The van der Waals surface area contributed by atoms with Gasteiger partial charge < -0.3 is 18.1 Å². The van der Waals surface area contributed by atoms with Crippen molar-refractivity contribution in [3.05, 3.63) is 71.6 Å². The lowest BCUT2D eigenvalue weighted by atomic mass is 9.97. The Labute approximate surface area is 275 Å². The number of carbonyl (C=O) groups excluding carboxylic acids is 1. The summed E-state index contributed by atoms with van der Waals surface area (Å²) in [6.45, 7) is 7.93. The van der Waals surface area contributed by atoms with Gasteiger partial charge in [0.25, 0.3) is 5.91 Å². The number of halogens is 3. The van der Waals surface area contributed by atoms with Crippen LogP contribution in [0.1, 0.15) is 83.8 Å². The molecule has 3 aliphatic rings. The van der Waals surface area contributed by atoms with Gasteiger partial charge in [-0.25, -0.2) is 15.0 Å². The van der Waals surface area contributed by atoms with Gasteiger partial charge in [-0.2, -0.15) is 21.6 Å². The molecule has 15 heteroatoms. The van der Waals surface area contributed by atoms with Crippen molar-refractivity contribution < 1.29 is 39.1 Å². The van der Waals surface area contributed by atoms with Crippen LogP contribution in [0.25, 0.3) is 22.2 Å². The van der Waals surface area contributed by atoms with Gasteiger partial charge in [0.05, 0.1) is 23.1 Å². The molecule has 7 rings (SSSR count). The molecular weight excluding hydrogens is 652 g/mol. The second kappa shape index (κ2) is 10.1. The molecule has 2 aromatic heterocycles. The number of amides is 1. The zero-order chi connectivity index (χ0) is 36.4. The van der Waals surface area contributed by atoms with Crippen LogP contribution in [0.4, 0.5) is 13.2 Å². The lowest BCUT2D eigenvalue weighted by Crippen LogP contribution is -2.44. The highest BCUT2D eigenvalue weighted by molar-refractivity contribution is 7.88. The van der Waals surface area contributed by atoms with Gasteiger partial charge in [0.1, 0.15) is 17.2 Å². The van der Waals surface area contributed by atoms with E-state index >= 15 is 0 Å². The first-order valence-corrected chi connectivity index (χ1v) is 19.4. The van der Waals surface area contributed by atoms with Gasteiger partial charge >= 0.3 is 15.6 Å². The Bertz CT molecular complexity index is 2160. The summed E-state index contributed by atoms with van der Waals surface area (Å²) in [4.78, 5) is 28.5. The Morgan fingerprint density at radius 3 is 2.36 bits per heavy atom. The van der Waals surface area contributed by atoms with Crippen LogP contribution >= 0.6 is 0 Å². The minimum Gasteiger partial charge on any atom is -0.404 e. The topological polar surface area (TPSA) is 117 Å². The Morgan fingerprint density at radius 1 is 1.04 bits per heavy atom. The molecule has 47 heavy (non-hydrogen) atoms. The Morgan fingerprint density at radius 2 is 1.74 bits per heavy atom. The number of benzene rings is 2. The monoisotopic (exact) mass is 688 g/mol. The molecule has 0 radical (unpaired) electrons. The number of hydrogen-bond acceptors (Lipinski definition) is 8. The van der Waals surface area contributed by atoms with Crippen molar-refractivity contribution in [3.63, 3.8) is 0 Å². The fourth-order valence-corrected chi connectivity index (χ4v) is 8.22. The fraction of sp³-hybridized carbons (Fsp3) is 0.438. The summed E-state index contributed by atoms with van der Waals surface area (Å²) >= 11 is 0. The van der Waals surface area contributed by atoms with E-state index in [2.05, 4.69) is 43.0 Å². The van der Waals surface area contributed by atoms with Crippen LogP contribution in [0.5, 0.6) is 5.75 Å². The van der Waals surface area contributed by atoms with Crippen LogP contribution in [0.3, 0.4) is 0 Å². The van der Waals surface area contributed by atoms with Gasteiger partial charge in [-0.3, -0.25) is 4.79 Å². The lowest BCUT2D eigenvalue weighted by Gasteiger charge is -2.39. The summed E-state index contributed by atoms with van der Waals surface area (Å²) in [5.74, 6) is -0.941. The van der Waals surface area contributed by atoms with E-state index in [1.165, 1.54) is 6.07 Å². The summed E-state index contributed by atoms with van der Waals surface area (Å²) in [6.07, 6.45) is 4.94. The highest BCUT2D eigenvalue weighted by atomic mass is 32.2. The molecule has 2 aromatic carbocycles. The maximum atomic E-state index is 13.8. The maximum absolute atomic E-state index is 13.8. The molecule has 2 aliphatic heterocycles.